The van der Waals surface area contributed by atoms with Crippen molar-refractivity contribution >= 4 is 15.9 Å². The van der Waals surface area contributed by atoms with Crippen molar-refractivity contribution in [2.75, 3.05) is 32.8 Å². The molecule has 3 atom stereocenters. The van der Waals surface area contributed by atoms with Crippen LogP contribution in [0.5, 0.6) is 0 Å². The quantitative estimate of drug-likeness (QED) is 0.741. The molecule has 3 saturated heterocycles. The normalized spacial score (nSPS) is 36.4. The zero-order valence-electron chi connectivity index (χ0n) is 12.5. The summed E-state index contributed by atoms with van der Waals surface area (Å²) in [5.41, 5.74) is 0. The van der Waals surface area contributed by atoms with Gasteiger partial charge in [-0.15, -0.1) is 0 Å². The van der Waals surface area contributed by atoms with Crippen LogP contribution in [0.15, 0.2) is 0 Å². The summed E-state index contributed by atoms with van der Waals surface area (Å²) in [4.78, 5) is 14.2. The first kappa shape index (κ1) is 15.2. The lowest BCUT2D eigenvalue weighted by Gasteiger charge is -2.24. The predicted octanol–water partition coefficient (Wildman–Crippen LogP) is 0.438. The molecule has 0 bridgehead atoms. The fourth-order valence-electron chi connectivity index (χ4n) is 3.80. The summed E-state index contributed by atoms with van der Waals surface area (Å²) in [6.07, 6.45) is 2.77. The van der Waals surface area contributed by atoms with Crippen LogP contribution in [0.1, 0.15) is 32.6 Å². The Balaban J connectivity index is 1.68. The maximum atomic E-state index is 12.4. The van der Waals surface area contributed by atoms with Crippen molar-refractivity contribution in [3.63, 3.8) is 0 Å². The number of fused-ring (bicyclic) bond motifs is 1. The largest absolute Gasteiger partial charge is 0.368 e. The minimum absolute atomic E-state index is 0.0530. The average Bonchev–Trinajstić information content (AvgIpc) is 2.99. The van der Waals surface area contributed by atoms with Gasteiger partial charge in [-0.25, -0.2) is 12.7 Å². The zero-order chi connectivity index (χ0) is 15.0. The summed E-state index contributed by atoms with van der Waals surface area (Å²) in [6, 6.07) is 0. The molecule has 7 heteroatoms. The number of carbonyl (C=O) groups excluding carboxylic acids is 1. The fraction of sp³-hybridized carbons (Fsp3) is 0.929. The Bertz CT molecular complexity index is 501. The van der Waals surface area contributed by atoms with E-state index in [1.54, 1.807) is 4.31 Å². The number of ether oxygens (including phenoxy) is 1. The smallest absolute Gasteiger partial charge is 0.251 e. The highest BCUT2D eigenvalue weighted by Gasteiger charge is 2.46. The molecule has 3 fully saturated rings. The van der Waals surface area contributed by atoms with Crippen molar-refractivity contribution in [1.82, 2.24) is 9.21 Å². The molecule has 0 aromatic carbocycles. The number of sulfonamides is 1. The van der Waals surface area contributed by atoms with Gasteiger partial charge < -0.3 is 9.64 Å². The van der Waals surface area contributed by atoms with Crippen LogP contribution in [-0.4, -0.2) is 67.7 Å². The molecule has 0 spiro atoms. The van der Waals surface area contributed by atoms with Gasteiger partial charge in [-0.3, -0.25) is 4.79 Å². The molecule has 0 N–H and O–H groups in total. The molecular weight excluding hydrogens is 292 g/mol. The van der Waals surface area contributed by atoms with E-state index in [0.29, 0.717) is 39.2 Å². The van der Waals surface area contributed by atoms with E-state index in [1.165, 1.54) is 0 Å². The minimum Gasteiger partial charge on any atom is -0.368 e. The van der Waals surface area contributed by atoms with Crippen molar-refractivity contribution in [3.05, 3.63) is 0 Å². The van der Waals surface area contributed by atoms with E-state index >= 15 is 0 Å². The van der Waals surface area contributed by atoms with Gasteiger partial charge in [0.05, 0.1) is 5.25 Å². The van der Waals surface area contributed by atoms with Gasteiger partial charge in [-0.2, -0.15) is 0 Å². The number of hydrogen-bond acceptors (Lipinski definition) is 4. The van der Waals surface area contributed by atoms with Gasteiger partial charge in [-0.05, 0) is 31.6 Å². The fourth-order valence-corrected chi connectivity index (χ4v) is 6.06. The van der Waals surface area contributed by atoms with E-state index in [-0.39, 0.29) is 23.2 Å². The number of hydrogen-bond donors (Lipinski definition) is 0. The molecule has 6 nitrogen and oxygen atoms in total. The topological polar surface area (TPSA) is 66.9 Å². The number of carbonyl (C=O) groups is 1. The summed E-state index contributed by atoms with van der Waals surface area (Å²) < 4.78 is 31.9. The summed E-state index contributed by atoms with van der Waals surface area (Å²) in [6.45, 7) is 4.91. The zero-order valence-corrected chi connectivity index (χ0v) is 13.3. The monoisotopic (exact) mass is 316 g/mol. The Morgan fingerprint density at radius 1 is 1.24 bits per heavy atom. The molecule has 3 aliphatic heterocycles. The van der Waals surface area contributed by atoms with Crippen molar-refractivity contribution in [3.8, 4) is 0 Å². The Labute approximate surface area is 126 Å². The Hall–Kier alpha value is -0.660. The van der Waals surface area contributed by atoms with Gasteiger partial charge in [-0.1, -0.05) is 6.92 Å². The Morgan fingerprint density at radius 2 is 2.00 bits per heavy atom. The van der Waals surface area contributed by atoms with Gasteiger partial charge >= 0.3 is 0 Å². The Kier molecular flexibility index (Phi) is 4.25. The third-order valence-corrected chi connectivity index (χ3v) is 7.54. The summed E-state index contributed by atoms with van der Waals surface area (Å²) in [5.74, 6) is 0.217. The van der Waals surface area contributed by atoms with Crippen molar-refractivity contribution in [2.24, 2.45) is 5.92 Å². The maximum Gasteiger partial charge on any atom is 0.251 e. The minimum atomic E-state index is -3.17. The third-order valence-electron chi connectivity index (χ3n) is 5.03. The van der Waals surface area contributed by atoms with Crippen LogP contribution in [0.4, 0.5) is 0 Å². The molecule has 0 aromatic rings. The van der Waals surface area contributed by atoms with Gasteiger partial charge in [0.2, 0.25) is 10.0 Å². The first-order chi connectivity index (χ1) is 10.0. The molecule has 1 unspecified atom stereocenters. The van der Waals surface area contributed by atoms with E-state index in [2.05, 4.69) is 0 Å². The molecule has 120 valence electrons. The maximum absolute atomic E-state index is 12.4. The number of nitrogens with zero attached hydrogens (tertiary/aromatic N) is 2. The summed E-state index contributed by atoms with van der Waals surface area (Å²) >= 11 is 0. The van der Waals surface area contributed by atoms with Crippen molar-refractivity contribution in [1.29, 1.82) is 0 Å². The molecule has 3 rings (SSSR count). The van der Waals surface area contributed by atoms with E-state index in [9.17, 15) is 13.2 Å². The standard InChI is InChI=1S/C14H24N2O4S/c1-2-16-10-11-5-7-15(8-6-13(11)21(16,18)19)14(17)12-4-3-9-20-12/h11-13H,2-10H2,1H3/t11-,12?,13+/m0/s1. The lowest BCUT2D eigenvalue weighted by atomic mass is 10.0. The van der Waals surface area contributed by atoms with Gasteiger partial charge in [0.15, 0.2) is 0 Å². The van der Waals surface area contributed by atoms with Crippen LogP contribution >= 0.6 is 0 Å². The second kappa shape index (κ2) is 5.85. The highest BCUT2D eigenvalue weighted by molar-refractivity contribution is 7.90. The molecule has 3 heterocycles. The van der Waals surface area contributed by atoms with Crippen LogP contribution < -0.4 is 0 Å². The average molecular weight is 316 g/mol. The number of rotatable bonds is 2. The van der Waals surface area contributed by atoms with Gasteiger partial charge in [0.25, 0.3) is 5.91 Å². The molecular formula is C14H24N2O4S. The first-order valence-corrected chi connectivity index (χ1v) is 9.43. The molecule has 1 amide bonds. The van der Waals surface area contributed by atoms with Gasteiger partial charge in [0.1, 0.15) is 6.10 Å². The molecule has 0 saturated carbocycles. The van der Waals surface area contributed by atoms with Crippen molar-refractivity contribution in [2.45, 2.75) is 44.0 Å². The SMILES string of the molecule is CCN1C[C@@H]2CCN(C(=O)C3CCCO3)CC[C@H]2S1(=O)=O. The van der Waals surface area contributed by atoms with Crippen LogP contribution in [-0.2, 0) is 19.6 Å². The van der Waals surface area contributed by atoms with Crippen LogP contribution in [0.3, 0.4) is 0 Å². The van der Waals surface area contributed by atoms with Crippen LogP contribution in [0.2, 0.25) is 0 Å². The van der Waals surface area contributed by atoms with Crippen molar-refractivity contribution < 1.29 is 17.9 Å². The summed E-state index contributed by atoms with van der Waals surface area (Å²) in [5, 5.41) is -0.306. The molecule has 21 heavy (non-hydrogen) atoms. The molecule has 0 aliphatic carbocycles. The lowest BCUT2D eigenvalue weighted by Crippen LogP contribution is -2.40. The van der Waals surface area contributed by atoms with E-state index in [4.69, 9.17) is 4.74 Å². The highest BCUT2D eigenvalue weighted by Crippen LogP contribution is 2.34. The van der Waals surface area contributed by atoms with Crippen LogP contribution in [0.25, 0.3) is 0 Å². The summed E-state index contributed by atoms with van der Waals surface area (Å²) in [7, 11) is -3.17. The number of likely N-dealkylation sites (tertiary alicyclic amines) is 1. The number of amides is 1. The van der Waals surface area contributed by atoms with E-state index in [0.717, 1.165) is 19.3 Å². The predicted molar refractivity (Wildman–Crippen MR) is 78.2 cm³/mol. The first-order valence-electron chi connectivity index (χ1n) is 7.93. The molecule has 0 aromatic heterocycles. The molecule has 0 radical (unpaired) electrons. The highest BCUT2D eigenvalue weighted by atomic mass is 32.2. The lowest BCUT2D eigenvalue weighted by molar-refractivity contribution is -0.140. The third kappa shape index (κ3) is 2.71. The van der Waals surface area contributed by atoms with E-state index in [1.807, 2.05) is 11.8 Å². The Morgan fingerprint density at radius 3 is 2.67 bits per heavy atom. The van der Waals surface area contributed by atoms with Gasteiger partial charge in [0, 0.05) is 32.8 Å². The molecule has 3 aliphatic rings. The van der Waals surface area contributed by atoms with E-state index < -0.39 is 10.0 Å². The second-order valence-corrected chi connectivity index (χ2v) is 8.35. The van der Waals surface area contributed by atoms with Crippen LogP contribution in [0, 0.1) is 5.92 Å². The second-order valence-electron chi connectivity index (χ2n) is 6.20.